The van der Waals surface area contributed by atoms with Gasteiger partial charge in [-0.2, -0.15) is 0 Å². The summed E-state index contributed by atoms with van der Waals surface area (Å²) in [6.07, 6.45) is 0.756. The number of ether oxygens (including phenoxy) is 3. The van der Waals surface area contributed by atoms with Crippen LogP contribution in [0.2, 0.25) is 0 Å². The third-order valence-corrected chi connectivity index (χ3v) is 4.35. The van der Waals surface area contributed by atoms with Crippen LogP contribution in [0.1, 0.15) is 24.4 Å². The first kappa shape index (κ1) is 20.8. The van der Waals surface area contributed by atoms with E-state index in [-0.39, 0.29) is 12.3 Å². The van der Waals surface area contributed by atoms with Crippen LogP contribution in [0.15, 0.2) is 53.0 Å². The van der Waals surface area contributed by atoms with E-state index in [9.17, 15) is 9.59 Å². The Balaban J connectivity index is 1.82. The number of methoxy groups -OCH3 is 2. The lowest BCUT2D eigenvalue weighted by molar-refractivity contribution is -0.145. The summed E-state index contributed by atoms with van der Waals surface area (Å²) >= 11 is 3.34. The highest BCUT2D eigenvalue weighted by molar-refractivity contribution is 9.10. The number of hydrogen-bond acceptors (Lipinski definition) is 5. The van der Waals surface area contributed by atoms with E-state index >= 15 is 0 Å². The molecule has 0 aromatic heterocycles. The second-order valence-electron chi connectivity index (χ2n) is 5.70. The summed E-state index contributed by atoms with van der Waals surface area (Å²) in [5, 5.41) is 2.72. The van der Waals surface area contributed by atoms with Crippen LogP contribution in [-0.2, 0) is 14.3 Å². The van der Waals surface area contributed by atoms with Gasteiger partial charge >= 0.3 is 5.97 Å². The lowest BCUT2D eigenvalue weighted by atomic mass is 10.1. The lowest BCUT2D eigenvalue weighted by Gasteiger charge is -2.17. The second-order valence-corrected chi connectivity index (χ2v) is 6.62. The van der Waals surface area contributed by atoms with E-state index < -0.39 is 12.0 Å². The molecule has 0 radical (unpaired) electrons. The van der Waals surface area contributed by atoms with Crippen LogP contribution in [0.3, 0.4) is 0 Å². The molecule has 0 bridgehead atoms. The first-order valence-electron chi connectivity index (χ1n) is 8.43. The molecule has 1 atom stereocenters. The summed E-state index contributed by atoms with van der Waals surface area (Å²) in [6.45, 7) is 0.390. The summed E-state index contributed by atoms with van der Waals surface area (Å²) in [7, 11) is 2.90. The van der Waals surface area contributed by atoms with Gasteiger partial charge in [0.1, 0.15) is 11.5 Å². The van der Waals surface area contributed by atoms with Crippen LogP contribution in [0, 0.1) is 0 Å². The maximum absolute atomic E-state index is 12.2. The zero-order chi connectivity index (χ0) is 19.6. The van der Waals surface area contributed by atoms with E-state index in [1.807, 2.05) is 0 Å². The Morgan fingerprint density at radius 1 is 1.00 bits per heavy atom. The molecule has 0 aliphatic carbocycles. The number of nitrogens with one attached hydrogen (secondary N) is 1. The molecular weight excluding hydrogens is 414 g/mol. The fraction of sp³-hybridized carbons (Fsp3) is 0.300. The molecule has 0 fully saturated rings. The van der Waals surface area contributed by atoms with Crippen LogP contribution in [0.4, 0.5) is 0 Å². The average Bonchev–Trinajstić information content (AvgIpc) is 2.70. The van der Waals surface area contributed by atoms with Gasteiger partial charge in [-0.3, -0.25) is 4.79 Å². The zero-order valence-electron chi connectivity index (χ0n) is 15.2. The van der Waals surface area contributed by atoms with E-state index in [0.717, 1.165) is 10.2 Å². The second kappa shape index (κ2) is 10.6. The molecule has 0 saturated carbocycles. The Bertz CT molecular complexity index is 746. The van der Waals surface area contributed by atoms with Crippen molar-refractivity contribution in [3.63, 3.8) is 0 Å². The molecule has 6 nitrogen and oxygen atoms in total. The van der Waals surface area contributed by atoms with E-state index in [1.54, 1.807) is 55.6 Å². The van der Waals surface area contributed by atoms with Crippen LogP contribution in [0.5, 0.6) is 11.5 Å². The van der Waals surface area contributed by atoms with Gasteiger partial charge < -0.3 is 19.5 Å². The van der Waals surface area contributed by atoms with Crippen molar-refractivity contribution in [3.8, 4) is 11.5 Å². The van der Waals surface area contributed by atoms with E-state index in [4.69, 9.17) is 14.2 Å². The molecule has 2 rings (SSSR count). The van der Waals surface area contributed by atoms with Gasteiger partial charge in [-0.05, 0) is 48.4 Å². The number of benzene rings is 2. The van der Waals surface area contributed by atoms with Crippen molar-refractivity contribution in [2.75, 3.05) is 20.8 Å². The van der Waals surface area contributed by atoms with E-state index in [2.05, 4.69) is 21.2 Å². The largest absolute Gasteiger partial charge is 0.497 e. The third-order valence-electron chi connectivity index (χ3n) is 3.82. The van der Waals surface area contributed by atoms with Crippen molar-refractivity contribution in [1.29, 1.82) is 0 Å². The maximum atomic E-state index is 12.2. The summed E-state index contributed by atoms with van der Waals surface area (Å²) in [4.78, 5) is 24.2. The summed E-state index contributed by atoms with van der Waals surface area (Å²) < 4.78 is 16.4. The van der Waals surface area contributed by atoms with Gasteiger partial charge in [0.05, 0.1) is 20.8 Å². The molecule has 2 aromatic rings. The Morgan fingerprint density at radius 3 is 2.22 bits per heavy atom. The molecule has 27 heavy (non-hydrogen) atoms. The molecule has 144 valence electrons. The van der Waals surface area contributed by atoms with Gasteiger partial charge in [0.2, 0.25) is 5.91 Å². The quantitative estimate of drug-likeness (QED) is 0.480. The molecule has 0 spiro atoms. The first-order valence-corrected chi connectivity index (χ1v) is 9.22. The highest BCUT2D eigenvalue weighted by Crippen LogP contribution is 2.19. The highest BCUT2D eigenvalue weighted by Gasteiger charge is 2.23. The van der Waals surface area contributed by atoms with Crippen LogP contribution >= 0.6 is 15.9 Å². The Labute approximate surface area is 166 Å². The van der Waals surface area contributed by atoms with E-state index in [0.29, 0.717) is 24.3 Å². The number of carbonyl (C=O) groups is 2. The molecule has 1 N–H and O–H groups in total. The molecule has 0 heterocycles. The highest BCUT2D eigenvalue weighted by atomic mass is 79.9. The number of halogens is 1. The topological polar surface area (TPSA) is 73.9 Å². The summed E-state index contributed by atoms with van der Waals surface area (Å²) in [6, 6.07) is 13.5. The molecule has 0 aliphatic rings. The number of hydrogen-bond donors (Lipinski definition) is 1. The van der Waals surface area contributed by atoms with Gasteiger partial charge in [0.15, 0.2) is 6.04 Å². The monoisotopic (exact) mass is 435 g/mol. The minimum Gasteiger partial charge on any atom is -0.497 e. The Kier molecular flexibility index (Phi) is 8.13. The van der Waals surface area contributed by atoms with E-state index in [1.165, 1.54) is 7.11 Å². The standard InChI is InChI=1S/C20H22BrNO5/c1-25-16-9-11-17(12-10-16)27-13-3-4-18(23)22-19(20(24)26-2)14-5-7-15(21)8-6-14/h5-12,19H,3-4,13H2,1-2H3,(H,22,23). The molecule has 2 aromatic carbocycles. The zero-order valence-corrected chi connectivity index (χ0v) is 16.8. The molecule has 0 saturated heterocycles. The van der Waals surface area contributed by atoms with Crippen molar-refractivity contribution >= 4 is 27.8 Å². The van der Waals surface area contributed by atoms with Gasteiger partial charge in [0.25, 0.3) is 0 Å². The first-order chi connectivity index (χ1) is 13.0. The number of rotatable bonds is 9. The van der Waals surface area contributed by atoms with Gasteiger partial charge in [-0.15, -0.1) is 0 Å². The smallest absolute Gasteiger partial charge is 0.333 e. The lowest BCUT2D eigenvalue weighted by Crippen LogP contribution is -2.34. The summed E-state index contributed by atoms with van der Waals surface area (Å²) in [5.74, 6) is 0.703. The van der Waals surface area contributed by atoms with Gasteiger partial charge in [-0.25, -0.2) is 4.79 Å². The Hall–Kier alpha value is -2.54. The molecule has 1 unspecified atom stereocenters. The van der Waals surface area contributed by atoms with Crippen molar-refractivity contribution < 1.29 is 23.8 Å². The van der Waals surface area contributed by atoms with Gasteiger partial charge in [0, 0.05) is 10.9 Å². The number of amides is 1. The SMILES string of the molecule is COC(=O)C(NC(=O)CCCOc1ccc(OC)cc1)c1ccc(Br)cc1. The predicted molar refractivity (Wildman–Crippen MR) is 105 cm³/mol. The van der Waals surface area contributed by atoms with Crippen LogP contribution in [-0.4, -0.2) is 32.7 Å². The number of carbonyl (C=O) groups excluding carboxylic acids is 2. The minimum atomic E-state index is -0.835. The van der Waals surface area contributed by atoms with Crippen molar-refractivity contribution in [2.45, 2.75) is 18.9 Å². The predicted octanol–water partition coefficient (Wildman–Crippen LogP) is 3.65. The van der Waals surface area contributed by atoms with Crippen LogP contribution in [0.25, 0.3) is 0 Å². The fourth-order valence-electron chi connectivity index (χ4n) is 2.38. The molecule has 7 heteroatoms. The number of esters is 1. The molecular formula is C20H22BrNO5. The third kappa shape index (κ3) is 6.60. The minimum absolute atomic E-state index is 0.236. The normalized spacial score (nSPS) is 11.4. The van der Waals surface area contributed by atoms with Crippen molar-refractivity contribution in [2.24, 2.45) is 0 Å². The average molecular weight is 436 g/mol. The van der Waals surface area contributed by atoms with Crippen LogP contribution < -0.4 is 14.8 Å². The van der Waals surface area contributed by atoms with Gasteiger partial charge in [-0.1, -0.05) is 28.1 Å². The molecule has 1 amide bonds. The summed E-state index contributed by atoms with van der Waals surface area (Å²) in [5.41, 5.74) is 0.660. The van der Waals surface area contributed by atoms with Crippen molar-refractivity contribution in [1.82, 2.24) is 5.32 Å². The Morgan fingerprint density at radius 2 is 1.63 bits per heavy atom. The fourth-order valence-corrected chi connectivity index (χ4v) is 2.64. The van der Waals surface area contributed by atoms with Crippen molar-refractivity contribution in [3.05, 3.63) is 58.6 Å². The molecule has 0 aliphatic heterocycles. The maximum Gasteiger partial charge on any atom is 0.333 e.